The first-order chi connectivity index (χ1) is 9.06. The molecule has 5 heteroatoms. The molecule has 0 amide bonds. The molecule has 0 unspecified atom stereocenters. The molecule has 2 aromatic rings. The average Bonchev–Trinajstić information content (AvgIpc) is 2.40. The number of hydrogen-bond donors (Lipinski definition) is 1. The van der Waals surface area contributed by atoms with Gasteiger partial charge in [-0.2, -0.15) is 0 Å². The second-order valence-corrected chi connectivity index (χ2v) is 5.04. The van der Waals surface area contributed by atoms with Gasteiger partial charge >= 0.3 is 0 Å². The minimum atomic E-state index is -0.301. The molecule has 0 aliphatic carbocycles. The molecule has 0 saturated carbocycles. The van der Waals surface area contributed by atoms with Crippen molar-refractivity contribution >= 4 is 21.7 Å². The highest BCUT2D eigenvalue weighted by molar-refractivity contribution is 9.10. The number of halogens is 2. The molecule has 1 heterocycles. The van der Waals surface area contributed by atoms with Crippen LogP contribution < -0.4 is 5.32 Å². The summed E-state index contributed by atoms with van der Waals surface area (Å²) >= 11 is 3.41. The largest absolute Gasteiger partial charge is 0.373 e. The molecule has 0 atom stereocenters. The second kappa shape index (κ2) is 5.65. The van der Waals surface area contributed by atoms with E-state index in [1.807, 2.05) is 14.0 Å². The van der Waals surface area contributed by atoms with Gasteiger partial charge in [0.2, 0.25) is 0 Å². The van der Waals surface area contributed by atoms with E-state index in [9.17, 15) is 4.39 Å². The summed E-state index contributed by atoms with van der Waals surface area (Å²) in [5, 5.41) is 3.07. The Balaban J connectivity index is 2.63. The minimum absolute atomic E-state index is 0.301. The molecule has 2 rings (SSSR count). The molecule has 0 spiro atoms. The molecular weight excluding hydrogens is 309 g/mol. The number of aryl methyl sites for hydroxylation is 1. The van der Waals surface area contributed by atoms with E-state index in [4.69, 9.17) is 0 Å². The number of rotatable bonds is 3. The lowest BCUT2D eigenvalue weighted by atomic mass is 10.1. The molecule has 100 valence electrons. The Bertz CT molecular complexity index is 614. The normalized spacial score (nSPS) is 10.6. The van der Waals surface area contributed by atoms with Crippen LogP contribution in [0.1, 0.15) is 18.2 Å². The SMILES string of the molecule is CCc1c(C)nc(-c2cc(F)ccc2Br)nc1NC. The van der Waals surface area contributed by atoms with Crippen LogP contribution in [-0.4, -0.2) is 17.0 Å². The van der Waals surface area contributed by atoms with E-state index >= 15 is 0 Å². The maximum Gasteiger partial charge on any atom is 0.163 e. The first kappa shape index (κ1) is 13.9. The number of nitrogens with one attached hydrogen (secondary N) is 1. The van der Waals surface area contributed by atoms with Gasteiger partial charge in [0.1, 0.15) is 11.6 Å². The first-order valence-corrected chi connectivity index (χ1v) is 6.86. The van der Waals surface area contributed by atoms with Crippen LogP contribution in [0.5, 0.6) is 0 Å². The Hall–Kier alpha value is -1.49. The summed E-state index contributed by atoms with van der Waals surface area (Å²) in [6, 6.07) is 4.50. The smallest absolute Gasteiger partial charge is 0.163 e. The van der Waals surface area contributed by atoms with Crippen molar-refractivity contribution < 1.29 is 4.39 Å². The van der Waals surface area contributed by atoms with E-state index in [-0.39, 0.29) is 5.82 Å². The highest BCUT2D eigenvalue weighted by Crippen LogP contribution is 2.29. The predicted octanol–water partition coefficient (Wildman–Crippen LogP) is 3.96. The lowest BCUT2D eigenvalue weighted by Gasteiger charge is -2.12. The topological polar surface area (TPSA) is 37.8 Å². The second-order valence-electron chi connectivity index (χ2n) is 4.19. The first-order valence-electron chi connectivity index (χ1n) is 6.07. The van der Waals surface area contributed by atoms with Crippen molar-refractivity contribution in [3.05, 3.63) is 39.7 Å². The molecule has 0 aliphatic heterocycles. The molecule has 19 heavy (non-hydrogen) atoms. The summed E-state index contributed by atoms with van der Waals surface area (Å²) in [4.78, 5) is 8.95. The van der Waals surface area contributed by atoms with Gasteiger partial charge < -0.3 is 5.32 Å². The summed E-state index contributed by atoms with van der Waals surface area (Å²) in [7, 11) is 1.82. The number of aromatic nitrogens is 2. The van der Waals surface area contributed by atoms with Crippen molar-refractivity contribution in [1.29, 1.82) is 0 Å². The van der Waals surface area contributed by atoms with Crippen molar-refractivity contribution in [2.75, 3.05) is 12.4 Å². The average molecular weight is 324 g/mol. The molecule has 0 bridgehead atoms. The third-order valence-electron chi connectivity index (χ3n) is 2.97. The molecule has 3 nitrogen and oxygen atoms in total. The molecule has 0 aliphatic rings. The van der Waals surface area contributed by atoms with Gasteiger partial charge in [0.15, 0.2) is 5.82 Å². The quantitative estimate of drug-likeness (QED) is 0.929. The zero-order chi connectivity index (χ0) is 14.0. The zero-order valence-electron chi connectivity index (χ0n) is 11.1. The fourth-order valence-electron chi connectivity index (χ4n) is 2.02. The predicted molar refractivity (Wildman–Crippen MR) is 78.8 cm³/mol. The standard InChI is InChI=1S/C14H15BrFN3/c1-4-10-8(2)18-14(19-13(10)17-3)11-7-9(16)5-6-12(11)15/h5-7H,4H2,1-3H3,(H,17,18,19). The van der Waals surface area contributed by atoms with Crippen LogP contribution in [-0.2, 0) is 6.42 Å². The van der Waals surface area contributed by atoms with Gasteiger partial charge in [0.05, 0.1) is 0 Å². The summed E-state index contributed by atoms with van der Waals surface area (Å²) in [5.41, 5.74) is 2.65. The number of hydrogen-bond acceptors (Lipinski definition) is 3. The highest BCUT2D eigenvalue weighted by Gasteiger charge is 2.13. The molecule has 1 N–H and O–H groups in total. The Labute approximate surface area is 120 Å². The molecule has 0 fully saturated rings. The zero-order valence-corrected chi connectivity index (χ0v) is 12.7. The monoisotopic (exact) mass is 323 g/mol. The summed E-state index contributed by atoms with van der Waals surface area (Å²) in [6.45, 7) is 4.00. The Kier molecular flexibility index (Phi) is 4.14. The maximum absolute atomic E-state index is 13.4. The van der Waals surface area contributed by atoms with Gasteiger partial charge in [0, 0.05) is 28.3 Å². The van der Waals surface area contributed by atoms with Crippen LogP contribution in [0.15, 0.2) is 22.7 Å². The highest BCUT2D eigenvalue weighted by atomic mass is 79.9. The fourth-order valence-corrected chi connectivity index (χ4v) is 2.44. The van der Waals surface area contributed by atoms with Gasteiger partial charge in [-0.15, -0.1) is 0 Å². The van der Waals surface area contributed by atoms with Crippen molar-refractivity contribution in [1.82, 2.24) is 9.97 Å². The van der Waals surface area contributed by atoms with Crippen molar-refractivity contribution in [2.45, 2.75) is 20.3 Å². The van der Waals surface area contributed by atoms with Crippen molar-refractivity contribution in [3.8, 4) is 11.4 Å². The lowest BCUT2D eigenvalue weighted by Crippen LogP contribution is -2.05. The summed E-state index contributed by atoms with van der Waals surface area (Å²) in [5.74, 6) is 1.01. The third-order valence-corrected chi connectivity index (χ3v) is 3.67. The van der Waals surface area contributed by atoms with Crippen LogP contribution in [0.25, 0.3) is 11.4 Å². The molecule has 1 aromatic carbocycles. The maximum atomic E-state index is 13.4. The molecule has 1 aromatic heterocycles. The van der Waals surface area contributed by atoms with Crippen LogP contribution >= 0.6 is 15.9 Å². The molecule has 0 saturated heterocycles. The van der Waals surface area contributed by atoms with E-state index in [2.05, 4.69) is 38.1 Å². The Morgan fingerprint density at radius 2 is 2.05 bits per heavy atom. The van der Waals surface area contributed by atoms with Crippen LogP contribution in [0.4, 0.5) is 10.2 Å². The van der Waals surface area contributed by atoms with Gasteiger partial charge in [-0.3, -0.25) is 0 Å². The van der Waals surface area contributed by atoms with Crippen molar-refractivity contribution in [2.24, 2.45) is 0 Å². The van der Waals surface area contributed by atoms with Crippen molar-refractivity contribution in [3.63, 3.8) is 0 Å². The fraction of sp³-hybridized carbons (Fsp3) is 0.286. The van der Waals surface area contributed by atoms with E-state index < -0.39 is 0 Å². The Morgan fingerprint density at radius 3 is 2.68 bits per heavy atom. The summed E-state index contributed by atoms with van der Waals surface area (Å²) in [6.07, 6.45) is 0.854. The third kappa shape index (κ3) is 2.76. The molecular formula is C14H15BrFN3. The molecule has 0 radical (unpaired) electrons. The van der Waals surface area contributed by atoms with Gasteiger partial charge in [0.25, 0.3) is 0 Å². The number of benzene rings is 1. The van der Waals surface area contributed by atoms with Crippen LogP contribution in [0.3, 0.4) is 0 Å². The van der Waals surface area contributed by atoms with E-state index in [0.717, 1.165) is 28.0 Å². The number of nitrogens with zero attached hydrogens (tertiary/aromatic N) is 2. The van der Waals surface area contributed by atoms with E-state index in [1.54, 1.807) is 6.07 Å². The van der Waals surface area contributed by atoms with Crippen LogP contribution in [0, 0.1) is 12.7 Å². The van der Waals surface area contributed by atoms with E-state index in [1.165, 1.54) is 12.1 Å². The van der Waals surface area contributed by atoms with Gasteiger partial charge in [-0.1, -0.05) is 22.9 Å². The van der Waals surface area contributed by atoms with Crippen LogP contribution in [0.2, 0.25) is 0 Å². The lowest BCUT2D eigenvalue weighted by molar-refractivity contribution is 0.628. The Morgan fingerprint density at radius 1 is 1.32 bits per heavy atom. The summed E-state index contributed by atoms with van der Waals surface area (Å²) < 4.78 is 14.1. The van der Waals surface area contributed by atoms with Gasteiger partial charge in [-0.05, 0) is 31.5 Å². The van der Waals surface area contributed by atoms with E-state index in [0.29, 0.717) is 11.4 Å². The minimum Gasteiger partial charge on any atom is -0.373 e. The van der Waals surface area contributed by atoms with Gasteiger partial charge in [-0.25, -0.2) is 14.4 Å². The number of anilines is 1.